The highest BCUT2D eigenvalue weighted by Crippen LogP contribution is 2.14. The fourth-order valence-corrected chi connectivity index (χ4v) is 2.25. The number of nitrogens with zero attached hydrogens (tertiary/aromatic N) is 2. The van der Waals surface area contributed by atoms with Gasteiger partial charge in [-0.25, -0.2) is 0 Å². The summed E-state index contributed by atoms with van der Waals surface area (Å²) in [5, 5.41) is 0. The van der Waals surface area contributed by atoms with Gasteiger partial charge in [0.05, 0.1) is 13.3 Å². The van der Waals surface area contributed by atoms with Gasteiger partial charge in [0.15, 0.2) is 5.75 Å². The van der Waals surface area contributed by atoms with E-state index in [0.717, 1.165) is 11.3 Å². The number of amides is 1. The van der Waals surface area contributed by atoms with Crippen LogP contribution in [-0.2, 0) is 13.2 Å². The molecular formula is C18H23N3O4. The zero-order valence-corrected chi connectivity index (χ0v) is 14.7. The van der Waals surface area contributed by atoms with Crippen LogP contribution in [0.3, 0.4) is 0 Å². The molecule has 0 atom stereocenters. The van der Waals surface area contributed by atoms with E-state index in [1.165, 1.54) is 12.3 Å². The predicted octanol–water partition coefficient (Wildman–Crippen LogP) is 1.10. The van der Waals surface area contributed by atoms with Crippen LogP contribution >= 0.6 is 0 Å². The number of ether oxygens (including phenoxy) is 2. The van der Waals surface area contributed by atoms with E-state index >= 15 is 0 Å². The van der Waals surface area contributed by atoms with E-state index in [1.807, 2.05) is 43.3 Å². The molecule has 0 radical (unpaired) electrons. The molecule has 1 heterocycles. The summed E-state index contributed by atoms with van der Waals surface area (Å²) in [5.74, 6) is 0.290. The Morgan fingerprint density at radius 2 is 1.92 bits per heavy atom. The summed E-state index contributed by atoms with van der Waals surface area (Å²) in [6.07, 6.45) is 1.54. The van der Waals surface area contributed by atoms with Crippen LogP contribution in [0.25, 0.3) is 0 Å². The first-order valence-corrected chi connectivity index (χ1v) is 7.85. The van der Waals surface area contributed by atoms with Gasteiger partial charge in [0.1, 0.15) is 18.1 Å². The monoisotopic (exact) mass is 345 g/mol. The second-order valence-electron chi connectivity index (χ2n) is 5.88. The Labute approximate surface area is 146 Å². The van der Waals surface area contributed by atoms with E-state index < -0.39 is 5.91 Å². The van der Waals surface area contributed by atoms with Gasteiger partial charge < -0.3 is 24.7 Å². The first-order valence-electron chi connectivity index (χ1n) is 7.85. The second-order valence-corrected chi connectivity index (χ2v) is 5.88. The van der Waals surface area contributed by atoms with Crippen LogP contribution < -0.4 is 20.6 Å². The molecule has 0 spiro atoms. The molecule has 2 N–H and O–H groups in total. The predicted molar refractivity (Wildman–Crippen MR) is 95.1 cm³/mol. The van der Waals surface area contributed by atoms with Crippen molar-refractivity contribution in [3.63, 3.8) is 0 Å². The van der Waals surface area contributed by atoms with Crippen LogP contribution in [0.5, 0.6) is 11.5 Å². The Balaban J connectivity index is 2.19. The topological polar surface area (TPSA) is 86.8 Å². The molecule has 1 amide bonds. The van der Waals surface area contributed by atoms with E-state index in [1.54, 1.807) is 11.7 Å². The average molecular weight is 345 g/mol. The van der Waals surface area contributed by atoms with Crippen LogP contribution in [0.1, 0.15) is 16.1 Å². The van der Waals surface area contributed by atoms with Gasteiger partial charge in [-0.05, 0) is 31.8 Å². The van der Waals surface area contributed by atoms with Gasteiger partial charge in [0.25, 0.3) is 5.91 Å². The van der Waals surface area contributed by atoms with Crippen molar-refractivity contribution in [2.24, 2.45) is 5.73 Å². The minimum atomic E-state index is -0.641. The molecule has 0 fully saturated rings. The maximum Gasteiger partial charge on any atom is 0.265 e. The highest BCUT2D eigenvalue weighted by atomic mass is 16.5. The van der Waals surface area contributed by atoms with E-state index in [-0.39, 0.29) is 23.5 Å². The molecule has 2 rings (SSSR count). The zero-order chi connectivity index (χ0) is 18.4. The summed E-state index contributed by atoms with van der Waals surface area (Å²) < 4.78 is 12.4. The van der Waals surface area contributed by atoms with Gasteiger partial charge >= 0.3 is 0 Å². The third-order valence-electron chi connectivity index (χ3n) is 3.69. The largest absolute Gasteiger partial charge is 0.497 e. The van der Waals surface area contributed by atoms with Gasteiger partial charge in [-0.15, -0.1) is 0 Å². The molecule has 0 saturated heterocycles. The smallest absolute Gasteiger partial charge is 0.265 e. The zero-order valence-electron chi connectivity index (χ0n) is 14.7. The molecule has 1 aromatic heterocycles. The van der Waals surface area contributed by atoms with Crippen LogP contribution in [0.4, 0.5) is 0 Å². The lowest BCUT2D eigenvalue weighted by molar-refractivity contribution is 0.0989. The molecule has 7 heteroatoms. The molecule has 0 bridgehead atoms. The maximum absolute atomic E-state index is 12.2. The number of pyridine rings is 1. The summed E-state index contributed by atoms with van der Waals surface area (Å²) in [6, 6.07) is 8.60. The molecule has 2 aromatic rings. The Hall–Kier alpha value is -2.80. The van der Waals surface area contributed by atoms with Crippen molar-refractivity contribution >= 4 is 5.91 Å². The number of likely N-dealkylation sites (N-methyl/N-ethyl adjacent to an activating group) is 1. The third kappa shape index (κ3) is 5.09. The molecule has 1 aromatic carbocycles. The van der Waals surface area contributed by atoms with Crippen molar-refractivity contribution in [3.8, 4) is 11.5 Å². The summed E-state index contributed by atoms with van der Waals surface area (Å²) in [5.41, 5.74) is 6.07. The molecule has 0 saturated carbocycles. The summed E-state index contributed by atoms with van der Waals surface area (Å²) in [7, 11) is 5.45. The standard InChI is InChI=1S/C18H23N3O4/c1-20(2)8-9-21-11-17(16(22)10-15(21)18(19)23)25-12-13-4-6-14(24-3)7-5-13/h4-7,10-11H,8-9,12H2,1-3H3,(H2,19,23). The van der Waals surface area contributed by atoms with Crippen molar-refractivity contribution in [3.05, 3.63) is 58.0 Å². The van der Waals surface area contributed by atoms with Crippen LogP contribution in [0.15, 0.2) is 41.3 Å². The first kappa shape index (κ1) is 18.5. The lowest BCUT2D eigenvalue weighted by Gasteiger charge is -2.16. The quantitative estimate of drug-likeness (QED) is 0.774. The SMILES string of the molecule is COc1ccc(COc2cn(CCN(C)C)c(C(N)=O)cc2=O)cc1. The minimum absolute atomic E-state index is 0.170. The van der Waals surface area contributed by atoms with Crippen molar-refractivity contribution in [1.29, 1.82) is 0 Å². The van der Waals surface area contributed by atoms with Crippen molar-refractivity contribution in [2.45, 2.75) is 13.2 Å². The Bertz CT molecular complexity index is 782. The highest BCUT2D eigenvalue weighted by molar-refractivity contribution is 5.91. The maximum atomic E-state index is 12.2. The number of primary amides is 1. The summed E-state index contributed by atoms with van der Waals surface area (Å²) in [6.45, 7) is 1.45. The molecule has 7 nitrogen and oxygen atoms in total. The lowest BCUT2D eigenvalue weighted by Crippen LogP contribution is -2.26. The lowest BCUT2D eigenvalue weighted by atomic mass is 10.2. The van der Waals surface area contributed by atoms with Crippen molar-refractivity contribution < 1.29 is 14.3 Å². The number of hydrogen-bond acceptors (Lipinski definition) is 5. The number of methoxy groups -OCH3 is 1. The molecule has 0 aliphatic heterocycles. The van der Waals surface area contributed by atoms with E-state index in [2.05, 4.69) is 0 Å². The molecule has 0 aliphatic carbocycles. The normalized spacial score (nSPS) is 10.7. The Kier molecular flexibility index (Phi) is 6.19. The second kappa shape index (κ2) is 8.34. The Morgan fingerprint density at radius 1 is 1.24 bits per heavy atom. The van der Waals surface area contributed by atoms with Crippen LogP contribution in [0.2, 0.25) is 0 Å². The first-order chi connectivity index (χ1) is 11.9. The number of benzene rings is 1. The molecule has 0 aliphatic rings. The molecule has 25 heavy (non-hydrogen) atoms. The Morgan fingerprint density at radius 3 is 2.48 bits per heavy atom. The minimum Gasteiger partial charge on any atom is -0.497 e. The van der Waals surface area contributed by atoms with Gasteiger partial charge in [0.2, 0.25) is 5.43 Å². The van der Waals surface area contributed by atoms with Crippen molar-refractivity contribution in [1.82, 2.24) is 9.47 Å². The number of nitrogens with two attached hydrogens (primary N) is 1. The van der Waals surface area contributed by atoms with Crippen LogP contribution in [0, 0.1) is 0 Å². The van der Waals surface area contributed by atoms with Gasteiger partial charge in [-0.1, -0.05) is 12.1 Å². The fourth-order valence-electron chi connectivity index (χ4n) is 2.25. The van der Waals surface area contributed by atoms with Crippen LogP contribution in [-0.4, -0.2) is 43.1 Å². The molecule has 134 valence electrons. The summed E-state index contributed by atoms with van der Waals surface area (Å²) in [4.78, 5) is 25.7. The average Bonchev–Trinajstić information content (AvgIpc) is 2.59. The number of carbonyl (C=O) groups is 1. The van der Waals surface area contributed by atoms with E-state index in [0.29, 0.717) is 13.1 Å². The molecule has 0 unspecified atom stereocenters. The van der Waals surface area contributed by atoms with E-state index in [9.17, 15) is 9.59 Å². The van der Waals surface area contributed by atoms with Crippen molar-refractivity contribution in [2.75, 3.05) is 27.7 Å². The number of rotatable bonds is 8. The van der Waals surface area contributed by atoms with Gasteiger partial charge in [0, 0.05) is 19.2 Å². The fraction of sp³-hybridized carbons (Fsp3) is 0.333. The summed E-state index contributed by atoms with van der Waals surface area (Å²) >= 11 is 0. The van der Waals surface area contributed by atoms with E-state index in [4.69, 9.17) is 15.2 Å². The number of aromatic nitrogens is 1. The van der Waals surface area contributed by atoms with Gasteiger partial charge in [-0.3, -0.25) is 9.59 Å². The van der Waals surface area contributed by atoms with Gasteiger partial charge in [-0.2, -0.15) is 0 Å². The number of carbonyl (C=O) groups excluding carboxylic acids is 1. The highest BCUT2D eigenvalue weighted by Gasteiger charge is 2.12. The number of hydrogen-bond donors (Lipinski definition) is 1. The molecular weight excluding hydrogens is 322 g/mol. The third-order valence-corrected chi connectivity index (χ3v) is 3.69.